The Morgan fingerprint density at radius 2 is 2.50 bits per heavy atom. The largest absolute Gasteiger partial charge is 0.422 e. The van der Waals surface area contributed by atoms with Crippen LogP contribution in [0, 0.1) is 11.5 Å². The van der Waals surface area contributed by atoms with Crippen LogP contribution in [-0.2, 0) is 7.05 Å². The minimum absolute atomic E-state index is 1.25. The lowest BCUT2D eigenvalue weighted by molar-refractivity contribution is -0.732. The number of aryl methyl sites for hydroxylation is 1. The Kier molecular flexibility index (Phi) is 4.56. The van der Waals surface area contributed by atoms with Crippen molar-refractivity contribution in [1.29, 1.82) is 5.26 Å². The van der Waals surface area contributed by atoms with Gasteiger partial charge in [-0.1, -0.05) is 0 Å². The lowest BCUT2D eigenvalue weighted by atomic mass is 10.9. The molecule has 62 valence electrons. The van der Waals surface area contributed by atoms with E-state index in [0.717, 1.165) is 0 Å². The van der Waals surface area contributed by atoms with E-state index in [4.69, 9.17) is 16.5 Å². The number of nitriles is 1. The van der Waals surface area contributed by atoms with Crippen LogP contribution in [0.15, 0.2) is 17.4 Å². The van der Waals surface area contributed by atoms with E-state index < -0.39 is 0 Å². The summed E-state index contributed by atoms with van der Waals surface area (Å²) < 4.78 is 1.62. The summed E-state index contributed by atoms with van der Waals surface area (Å²) in [4.78, 5) is 3.83. The number of aliphatic imine (C=N–C) groups is 1. The van der Waals surface area contributed by atoms with Crippen LogP contribution in [-0.4, -0.2) is 16.0 Å². The Balaban J connectivity index is 0.000000217. The molecule has 1 aromatic rings. The molecule has 2 N–H and O–H groups in total. The van der Waals surface area contributed by atoms with Gasteiger partial charge in [-0.2, -0.15) is 5.26 Å². The number of aromatic nitrogens is 3. The molecular weight excluding hydrogens is 158 g/mol. The van der Waals surface area contributed by atoms with E-state index in [1.54, 1.807) is 17.1 Å². The van der Waals surface area contributed by atoms with Gasteiger partial charge in [0.25, 0.3) is 0 Å². The molecular formula is C5H7N7. The third kappa shape index (κ3) is 4.67. The van der Waals surface area contributed by atoms with Crippen molar-refractivity contribution >= 4 is 6.01 Å². The summed E-state index contributed by atoms with van der Waals surface area (Å²) in [5.74, 6) is 5.16. The normalized spacial score (nSPS) is 7.00. The molecule has 0 fully saturated rings. The average molecular weight is 165 g/mol. The molecule has 0 atom stereocenters. The highest BCUT2D eigenvalue weighted by atomic mass is 15.6. The van der Waals surface area contributed by atoms with Gasteiger partial charge in [0, 0.05) is 0 Å². The van der Waals surface area contributed by atoms with Crippen molar-refractivity contribution in [2.75, 3.05) is 5.84 Å². The second kappa shape index (κ2) is 5.58. The SMILES string of the molecule is C[n+]1ccn(N)n1.N#CN=C=[N-]. The lowest BCUT2D eigenvalue weighted by Crippen LogP contribution is -2.31. The third-order valence-corrected chi connectivity index (χ3v) is 0.779. The summed E-state index contributed by atoms with van der Waals surface area (Å²) in [6.45, 7) is 0. The fourth-order valence-electron chi connectivity index (χ4n) is 0.410. The van der Waals surface area contributed by atoms with Crippen molar-refractivity contribution < 1.29 is 4.68 Å². The van der Waals surface area contributed by atoms with E-state index in [1.165, 1.54) is 17.0 Å². The van der Waals surface area contributed by atoms with Gasteiger partial charge in [0.2, 0.25) is 0 Å². The fraction of sp³-hybridized carbons (Fsp3) is 0.200. The van der Waals surface area contributed by atoms with Gasteiger partial charge in [-0.25, -0.2) is 5.84 Å². The van der Waals surface area contributed by atoms with Crippen LogP contribution in [0.3, 0.4) is 0 Å². The summed E-state index contributed by atoms with van der Waals surface area (Å²) in [6.07, 6.45) is 4.71. The molecule has 0 saturated heterocycles. The zero-order valence-electron chi connectivity index (χ0n) is 6.42. The molecule has 1 aromatic heterocycles. The quantitative estimate of drug-likeness (QED) is 0.222. The molecule has 0 aliphatic carbocycles. The van der Waals surface area contributed by atoms with E-state index in [2.05, 4.69) is 10.2 Å². The number of hydrogen-bond donors (Lipinski definition) is 1. The van der Waals surface area contributed by atoms with Crippen LogP contribution in [0.25, 0.3) is 5.41 Å². The number of nitrogens with two attached hydrogens (primary N) is 1. The molecule has 0 amide bonds. The molecule has 1 heterocycles. The first-order chi connectivity index (χ1) is 5.70. The first-order valence-electron chi connectivity index (χ1n) is 2.85. The van der Waals surface area contributed by atoms with Gasteiger partial charge in [0.1, 0.15) is 12.3 Å². The maximum atomic E-state index is 7.43. The molecule has 0 aliphatic heterocycles. The number of hydrogen-bond acceptors (Lipinski definition) is 4. The zero-order chi connectivity index (χ0) is 9.40. The van der Waals surface area contributed by atoms with Gasteiger partial charge in [0.15, 0.2) is 12.4 Å². The predicted molar refractivity (Wildman–Crippen MR) is 40.0 cm³/mol. The number of nitrogen functional groups attached to an aromatic ring is 1. The average Bonchev–Trinajstić information content (AvgIpc) is 2.38. The van der Waals surface area contributed by atoms with Crippen molar-refractivity contribution in [2.24, 2.45) is 12.0 Å². The molecule has 0 aromatic carbocycles. The zero-order valence-corrected chi connectivity index (χ0v) is 6.42. The monoisotopic (exact) mass is 165 g/mol. The van der Waals surface area contributed by atoms with Crippen LogP contribution in [0.1, 0.15) is 0 Å². The topological polar surface area (TPSA) is 106 Å². The van der Waals surface area contributed by atoms with Crippen LogP contribution < -0.4 is 10.5 Å². The Bertz CT molecular complexity index is 296. The summed E-state index contributed by atoms with van der Waals surface area (Å²) in [6, 6.07) is 1.28. The molecule has 0 saturated carbocycles. The molecule has 0 radical (unpaired) electrons. The van der Waals surface area contributed by atoms with Crippen LogP contribution >= 0.6 is 0 Å². The third-order valence-electron chi connectivity index (χ3n) is 0.779. The van der Waals surface area contributed by atoms with Crippen molar-refractivity contribution in [3.63, 3.8) is 0 Å². The summed E-state index contributed by atoms with van der Waals surface area (Å²) >= 11 is 0. The van der Waals surface area contributed by atoms with E-state index in [9.17, 15) is 0 Å². The summed E-state index contributed by atoms with van der Waals surface area (Å²) in [7, 11) is 1.81. The molecule has 12 heavy (non-hydrogen) atoms. The smallest absolute Gasteiger partial charge is 0.184 e. The van der Waals surface area contributed by atoms with Gasteiger partial charge >= 0.3 is 0 Å². The van der Waals surface area contributed by atoms with E-state index in [-0.39, 0.29) is 0 Å². The Morgan fingerprint density at radius 3 is 2.58 bits per heavy atom. The van der Waals surface area contributed by atoms with Gasteiger partial charge in [-0.05, 0) is 4.79 Å². The predicted octanol–water partition coefficient (Wildman–Crippen LogP) is -1.37. The van der Waals surface area contributed by atoms with Gasteiger partial charge in [-0.3, -0.25) is 0 Å². The van der Waals surface area contributed by atoms with Crippen molar-refractivity contribution in [2.45, 2.75) is 0 Å². The van der Waals surface area contributed by atoms with Crippen LogP contribution in [0.2, 0.25) is 0 Å². The molecule has 1 rings (SSSR count). The number of rotatable bonds is 0. The minimum Gasteiger partial charge on any atom is -0.422 e. The van der Waals surface area contributed by atoms with E-state index in [1.807, 2.05) is 7.05 Å². The second-order valence-electron chi connectivity index (χ2n) is 1.65. The van der Waals surface area contributed by atoms with E-state index in [0.29, 0.717) is 0 Å². The van der Waals surface area contributed by atoms with Crippen molar-refractivity contribution in [3.8, 4) is 6.19 Å². The maximum absolute atomic E-state index is 7.43. The fourth-order valence-corrected chi connectivity index (χ4v) is 0.410. The molecule has 0 unspecified atom stereocenters. The van der Waals surface area contributed by atoms with Crippen LogP contribution in [0.5, 0.6) is 0 Å². The maximum Gasteiger partial charge on any atom is 0.184 e. The van der Waals surface area contributed by atoms with Crippen LogP contribution in [0.4, 0.5) is 0 Å². The highest BCUT2D eigenvalue weighted by Gasteiger charge is 1.90. The molecule has 0 aliphatic rings. The standard InChI is InChI=1S/C3H7N4.C2N3/c1-6-2-3-7(4)5-6;3-1-5-2-4/h2-3H,1H3,(H2,4,5);/q+1;-1. The van der Waals surface area contributed by atoms with Crippen molar-refractivity contribution in [1.82, 2.24) is 10.0 Å². The highest BCUT2D eigenvalue weighted by Crippen LogP contribution is 1.60. The minimum atomic E-state index is 1.25. The Morgan fingerprint density at radius 1 is 1.83 bits per heavy atom. The van der Waals surface area contributed by atoms with E-state index >= 15 is 0 Å². The highest BCUT2D eigenvalue weighted by molar-refractivity contribution is 5.46. The number of nitrogens with zero attached hydrogens (tertiary/aromatic N) is 6. The molecule has 0 bridgehead atoms. The first kappa shape index (κ1) is 9.81. The second-order valence-corrected chi connectivity index (χ2v) is 1.65. The van der Waals surface area contributed by atoms with Gasteiger partial charge < -0.3 is 10.4 Å². The van der Waals surface area contributed by atoms with Crippen molar-refractivity contribution in [3.05, 3.63) is 17.8 Å². The molecule has 7 heteroatoms. The Labute approximate surface area is 68.8 Å². The first-order valence-corrected chi connectivity index (χ1v) is 2.85. The van der Waals surface area contributed by atoms with Gasteiger partial charge in [-0.15, -0.1) is 10.7 Å². The molecule has 7 nitrogen and oxygen atoms in total. The molecule has 0 spiro atoms. The van der Waals surface area contributed by atoms with Gasteiger partial charge in [0.05, 0.1) is 6.19 Å². The lowest BCUT2D eigenvalue weighted by Gasteiger charge is -1.70. The summed E-state index contributed by atoms with van der Waals surface area (Å²) in [5, 5.41) is 18.6. The Hall–Kier alpha value is -2.19. The summed E-state index contributed by atoms with van der Waals surface area (Å²) in [5.41, 5.74) is 0.